The second-order valence-electron chi connectivity index (χ2n) is 4.87. The topological polar surface area (TPSA) is 50.4 Å². The van der Waals surface area contributed by atoms with Gasteiger partial charge in [0.15, 0.2) is 5.96 Å². The predicted octanol–water partition coefficient (Wildman–Crippen LogP) is 1.73. The van der Waals surface area contributed by atoms with Crippen LogP contribution in [0.4, 0.5) is 0 Å². The molecule has 0 aromatic rings. The first-order valence-electron chi connectivity index (χ1n) is 4.84. The first-order valence-corrected chi connectivity index (χ1v) is 4.84. The Morgan fingerprint density at radius 2 is 1.69 bits per heavy atom. The van der Waals surface area contributed by atoms with E-state index in [4.69, 9.17) is 5.73 Å². The van der Waals surface area contributed by atoms with Gasteiger partial charge in [0.05, 0.1) is 6.04 Å². The highest BCUT2D eigenvalue weighted by Crippen LogP contribution is 2.05. The molecular weight excluding hydrogens is 162 g/mol. The maximum atomic E-state index is 5.74. The summed E-state index contributed by atoms with van der Waals surface area (Å²) in [6, 6.07) is 0.273. The van der Waals surface area contributed by atoms with E-state index in [0.717, 1.165) is 0 Å². The van der Waals surface area contributed by atoms with Crippen molar-refractivity contribution >= 4 is 5.96 Å². The van der Waals surface area contributed by atoms with Crippen molar-refractivity contribution in [2.24, 2.45) is 16.6 Å². The van der Waals surface area contributed by atoms with Gasteiger partial charge in [0.25, 0.3) is 0 Å². The molecule has 0 aromatic carbocycles. The van der Waals surface area contributed by atoms with Gasteiger partial charge in [-0.25, -0.2) is 0 Å². The van der Waals surface area contributed by atoms with Crippen LogP contribution in [-0.4, -0.2) is 17.5 Å². The summed E-state index contributed by atoms with van der Waals surface area (Å²) >= 11 is 0. The average molecular weight is 185 g/mol. The lowest BCUT2D eigenvalue weighted by atomic mass is 10.1. The zero-order valence-electron chi connectivity index (χ0n) is 9.68. The molecule has 3 heteroatoms. The summed E-state index contributed by atoms with van der Waals surface area (Å²) in [6.07, 6.45) is 0. The maximum Gasteiger partial charge on any atom is 0.189 e. The minimum atomic E-state index is -0.00964. The van der Waals surface area contributed by atoms with Crippen molar-refractivity contribution in [2.45, 2.75) is 53.1 Å². The zero-order valence-corrected chi connectivity index (χ0v) is 9.68. The number of nitrogens with zero attached hydrogens (tertiary/aromatic N) is 1. The van der Waals surface area contributed by atoms with E-state index in [-0.39, 0.29) is 11.6 Å². The predicted molar refractivity (Wildman–Crippen MR) is 58.8 cm³/mol. The molecule has 0 spiro atoms. The van der Waals surface area contributed by atoms with Crippen LogP contribution in [0.1, 0.15) is 41.5 Å². The molecule has 1 atom stereocenters. The Labute approximate surface area is 81.8 Å². The molecule has 0 aliphatic heterocycles. The number of nitrogens with two attached hydrogens (primary N) is 1. The monoisotopic (exact) mass is 185 g/mol. The Kier molecular flexibility index (Phi) is 4.24. The molecule has 0 amide bonds. The van der Waals surface area contributed by atoms with Gasteiger partial charge in [0, 0.05) is 5.54 Å². The quantitative estimate of drug-likeness (QED) is 0.508. The van der Waals surface area contributed by atoms with Crippen LogP contribution >= 0.6 is 0 Å². The lowest BCUT2D eigenvalue weighted by molar-refractivity contribution is 0.493. The van der Waals surface area contributed by atoms with Crippen molar-refractivity contribution in [3.8, 4) is 0 Å². The number of guanidine groups is 1. The van der Waals surface area contributed by atoms with Crippen molar-refractivity contribution in [3.05, 3.63) is 0 Å². The minimum Gasteiger partial charge on any atom is -0.370 e. The Hall–Kier alpha value is -0.730. The molecule has 0 aliphatic carbocycles. The van der Waals surface area contributed by atoms with E-state index >= 15 is 0 Å². The van der Waals surface area contributed by atoms with Gasteiger partial charge in [-0.3, -0.25) is 4.99 Å². The second-order valence-corrected chi connectivity index (χ2v) is 4.87. The number of nitrogens with one attached hydrogen (secondary N) is 1. The third-order valence-corrected chi connectivity index (χ3v) is 1.81. The van der Waals surface area contributed by atoms with Gasteiger partial charge < -0.3 is 11.1 Å². The van der Waals surface area contributed by atoms with Crippen molar-refractivity contribution in [2.75, 3.05) is 0 Å². The highest BCUT2D eigenvalue weighted by Gasteiger charge is 2.11. The van der Waals surface area contributed by atoms with Crippen LogP contribution in [-0.2, 0) is 0 Å². The fourth-order valence-electron chi connectivity index (χ4n) is 0.785. The maximum absolute atomic E-state index is 5.74. The van der Waals surface area contributed by atoms with E-state index in [1.807, 2.05) is 0 Å². The molecule has 0 bridgehead atoms. The zero-order chi connectivity index (χ0) is 10.6. The Bertz CT molecular complexity index is 177. The van der Waals surface area contributed by atoms with Crippen molar-refractivity contribution in [1.29, 1.82) is 0 Å². The fraction of sp³-hybridized carbons (Fsp3) is 0.900. The molecule has 3 nitrogen and oxygen atoms in total. The highest BCUT2D eigenvalue weighted by molar-refractivity contribution is 5.78. The summed E-state index contributed by atoms with van der Waals surface area (Å²) in [5.74, 6) is 1.06. The fourth-order valence-corrected chi connectivity index (χ4v) is 0.785. The van der Waals surface area contributed by atoms with Crippen molar-refractivity contribution in [1.82, 2.24) is 5.32 Å². The molecule has 1 unspecified atom stereocenters. The third-order valence-electron chi connectivity index (χ3n) is 1.81. The van der Waals surface area contributed by atoms with Gasteiger partial charge in [-0.05, 0) is 33.6 Å². The van der Waals surface area contributed by atoms with Crippen LogP contribution in [0.2, 0.25) is 0 Å². The molecule has 0 saturated carbocycles. The van der Waals surface area contributed by atoms with Crippen molar-refractivity contribution < 1.29 is 0 Å². The highest BCUT2D eigenvalue weighted by atomic mass is 15.1. The number of aliphatic imine (C=N–C) groups is 1. The van der Waals surface area contributed by atoms with Crippen LogP contribution in [0.15, 0.2) is 4.99 Å². The normalized spacial score (nSPS) is 16.1. The average Bonchev–Trinajstić information content (AvgIpc) is 1.81. The molecule has 0 heterocycles. The van der Waals surface area contributed by atoms with Crippen LogP contribution in [0.25, 0.3) is 0 Å². The Morgan fingerprint density at radius 3 is 2.00 bits per heavy atom. The summed E-state index contributed by atoms with van der Waals surface area (Å²) in [6.45, 7) is 12.5. The largest absolute Gasteiger partial charge is 0.370 e. The van der Waals surface area contributed by atoms with Crippen LogP contribution in [0.3, 0.4) is 0 Å². The lowest BCUT2D eigenvalue weighted by Gasteiger charge is -2.22. The van der Waals surface area contributed by atoms with Crippen LogP contribution in [0, 0.1) is 5.92 Å². The molecule has 0 rings (SSSR count). The van der Waals surface area contributed by atoms with Gasteiger partial charge in [-0.15, -0.1) is 0 Å². The first-order chi connectivity index (χ1) is 5.72. The van der Waals surface area contributed by atoms with E-state index < -0.39 is 0 Å². The standard InChI is InChI=1S/C10H23N3/c1-7(2)8(3)12-9(11)13-10(4,5)6/h7-8H,1-6H3,(H3,11,12,13). The third kappa shape index (κ3) is 6.43. The van der Waals surface area contributed by atoms with E-state index in [1.165, 1.54) is 0 Å². The summed E-state index contributed by atoms with van der Waals surface area (Å²) in [7, 11) is 0. The van der Waals surface area contributed by atoms with Crippen molar-refractivity contribution in [3.63, 3.8) is 0 Å². The number of hydrogen-bond acceptors (Lipinski definition) is 1. The molecule has 78 valence electrons. The second kappa shape index (κ2) is 4.49. The van der Waals surface area contributed by atoms with E-state index in [1.54, 1.807) is 0 Å². The molecule has 3 N–H and O–H groups in total. The molecule has 0 radical (unpaired) electrons. The van der Waals surface area contributed by atoms with Crippen LogP contribution < -0.4 is 11.1 Å². The summed E-state index contributed by atoms with van der Waals surface area (Å²) in [5, 5.41) is 3.13. The molecule has 0 saturated heterocycles. The van der Waals surface area contributed by atoms with E-state index in [9.17, 15) is 0 Å². The summed E-state index contributed by atoms with van der Waals surface area (Å²) < 4.78 is 0. The minimum absolute atomic E-state index is 0.00964. The first kappa shape index (κ1) is 12.3. The SMILES string of the molecule is CC(C)C(C)N=C(N)NC(C)(C)C. The van der Waals surface area contributed by atoms with E-state index in [0.29, 0.717) is 11.9 Å². The Balaban J connectivity index is 4.17. The van der Waals surface area contributed by atoms with Gasteiger partial charge >= 0.3 is 0 Å². The van der Waals surface area contributed by atoms with E-state index in [2.05, 4.69) is 51.9 Å². The molecule has 0 aromatic heterocycles. The van der Waals surface area contributed by atoms with Gasteiger partial charge in [0.2, 0.25) is 0 Å². The van der Waals surface area contributed by atoms with Gasteiger partial charge in [-0.2, -0.15) is 0 Å². The summed E-state index contributed by atoms with van der Waals surface area (Å²) in [4.78, 5) is 4.35. The molecule has 13 heavy (non-hydrogen) atoms. The van der Waals surface area contributed by atoms with Crippen LogP contribution in [0.5, 0.6) is 0 Å². The number of rotatable bonds is 2. The Morgan fingerprint density at radius 1 is 1.23 bits per heavy atom. The number of hydrogen-bond donors (Lipinski definition) is 2. The smallest absolute Gasteiger partial charge is 0.189 e. The molecular formula is C10H23N3. The molecule has 0 fully saturated rings. The summed E-state index contributed by atoms with van der Waals surface area (Å²) in [5.41, 5.74) is 5.73. The molecule has 0 aliphatic rings. The lowest BCUT2D eigenvalue weighted by Crippen LogP contribution is -2.45. The van der Waals surface area contributed by atoms with Gasteiger partial charge in [-0.1, -0.05) is 13.8 Å². The van der Waals surface area contributed by atoms with Gasteiger partial charge in [0.1, 0.15) is 0 Å².